The van der Waals surface area contributed by atoms with E-state index in [1.165, 1.54) is 6.21 Å². The molecule has 2 aromatic rings. The summed E-state index contributed by atoms with van der Waals surface area (Å²) in [5.41, 5.74) is 4.32. The summed E-state index contributed by atoms with van der Waals surface area (Å²) < 4.78 is 0. The number of aromatic amines is 1. The molecule has 0 aliphatic carbocycles. The Kier molecular flexibility index (Phi) is 4.02. The van der Waals surface area contributed by atoms with Gasteiger partial charge in [-0.15, -0.1) is 0 Å². The van der Waals surface area contributed by atoms with Crippen molar-refractivity contribution in [1.82, 2.24) is 20.6 Å². The molecule has 0 atom stereocenters. The Morgan fingerprint density at radius 2 is 2.32 bits per heavy atom. The molecule has 2 rings (SSSR count). The Morgan fingerprint density at radius 3 is 2.95 bits per heavy atom. The molecule has 2 N–H and O–H groups in total. The van der Waals surface area contributed by atoms with E-state index >= 15 is 0 Å². The van der Waals surface area contributed by atoms with Gasteiger partial charge in [0.15, 0.2) is 5.69 Å². The summed E-state index contributed by atoms with van der Waals surface area (Å²) in [7, 11) is 0. The molecular weight excluding hydrogens is 242 g/mol. The molecule has 2 aromatic heterocycles. The van der Waals surface area contributed by atoms with Crippen molar-refractivity contribution >= 4 is 12.1 Å². The minimum absolute atomic E-state index is 0.297. The van der Waals surface area contributed by atoms with Crippen molar-refractivity contribution < 1.29 is 4.79 Å². The number of carbonyl (C=O) groups is 1. The second-order valence-corrected chi connectivity index (χ2v) is 4.32. The van der Waals surface area contributed by atoms with Gasteiger partial charge in [0.05, 0.1) is 11.9 Å². The number of H-pyrrole nitrogens is 1. The van der Waals surface area contributed by atoms with Gasteiger partial charge >= 0.3 is 0 Å². The molecule has 2 heterocycles. The van der Waals surface area contributed by atoms with Crippen LogP contribution < -0.4 is 5.43 Å². The number of carbonyl (C=O) groups excluding carboxylic acids is 1. The fourth-order valence-corrected chi connectivity index (χ4v) is 1.42. The van der Waals surface area contributed by atoms with Crippen LogP contribution in [0.15, 0.2) is 35.6 Å². The average Bonchev–Trinajstić information content (AvgIpc) is 2.89. The highest BCUT2D eigenvalue weighted by Crippen LogP contribution is 2.11. The van der Waals surface area contributed by atoms with E-state index in [0.717, 1.165) is 5.69 Å². The van der Waals surface area contributed by atoms with Crippen molar-refractivity contribution in [3.05, 3.63) is 47.5 Å². The van der Waals surface area contributed by atoms with E-state index < -0.39 is 0 Å². The second-order valence-electron chi connectivity index (χ2n) is 4.32. The first kappa shape index (κ1) is 12.9. The van der Waals surface area contributed by atoms with E-state index in [2.05, 4.69) is 25.7 Å². The number of hydrazone groups is 1. The Bertz CT molecular complexity index is 574. The van der Waals surface area contributed by atoms with E-state index in [4.69, 9.17) is 0 Å². The zero-order chi connectivity index (χ0) is 13.7. The third-order valence-electron chi connectivity index (χ3n) is 2.50. The molecule has 98 valence electrons. The van der Waals surface area contributed by atoms with Crippen molar-refractivity contribution in [2.45, 2.75) is 19.8 Å². The van der Waals surface area contributed by atoms with Crippen molar-refractivity contribution in [1.29, 1.82) is 0 Å². The highest BCUT2D eigenvalue weighted by atomic mass is 16.2. The van der Waals surface area contributed by atoms with Crippen LogP contribution in [0.25, 0.3) is 0 Å². The topological polar surface area (TPSA) is 83.0 Å². The predicted molar refractivity (Wildman–Crippen MR) is 72.0 cm³/mol. The van der Waals surface area contributed by atoms with E-state index in [9.17, 15) is 4.79 Å². The monoisotopic (exact) mass is 257 g/mol. The summed E-state index contributed by atoms with van der Waals surface area (Å²) >= 11 is 0. The van der Waals surface area contributed by atoms with Crippen LogP contribution in [0.1, 0.15) is 41.6 Å². The molecule has 0 saturated heterocycles. The zero-order valence-corrected chi connectivity index (χ0v) is 10.8. The number of amides is 1. The maximum atomic E-state index is 11.7. The van der Waals surface area contributed by atoms with Gasteiger partial charge in [-0.2, -0.15) is 10.2 Å². The number of pyridine rings is 1. The normalized spacial score (nSPS) is 11.1. The largest absolute Gasteiger partial charge is 0.291 e. The molecule has 6 heteroatoms. The molecule has 0 spiro atoms. The summed E-state index contributed by atoms with van der Waals surface area (Å²) in [6.45, 7) is 4.04. The minimum atomic E-state index is -0.352. The van der Waals surface area contributed by atoms with Crippen LogP contribution in [0.4, 0.5) is 0 Å². The number of rotatable bonds is 4. The lowest BCUT2D eigenvalue weighted by Crippen LogP contribution is -2.18. The highest BCUT2D eigenvalue weighted by Gasteiger charge is 2.10. The van der Waals surface area contributed by atoms with Gasteiger partial charge in [-0.1, -0.05) is 19.9 Å². The number of nitrogens with one attached hydrogen (secondary N) is 2. The van der Waals surface area contributed by atoms with Crippen LogP contribution in [0.3, 0.4) is 0 Å². The molecular formula is C13H15N5O. The summed E-state index contributed by atoms with van der Waals surface area (Å²) in [5, 5.41) is 10.6. The SMILES string of the molecule is CC(C)c1cc(C(=O)NN=Cc2ccccn2)n[nH]1. The molecule has 0 saturated carbocycles. The van der Waals surface area contributed by atoms with Gasteiger partial charge in [0.1, 0.15) is 0 Å². The second kappa shape index (κ2) is 5.90. The Labute approximate surface area is 111 Å². The first-order valence-corrected chi connectivity index (χ1v) is 5.96. The third-order valence-corrected chi connectivity index (χ3v) is 2.50. The third kappa shape index (κ3) is 3.48. The quantitative estimate of drug-likeness (QED) is 0.646. The summed E-state index contributed by atoms with van der Waals surface area (Å²) in [5.74, 6) is -0.0543. The van der Waals surface area contributed by atoms with Crippen molar-refractivity contribution in [3.63, 3.8) is 0 Å². The van der Waals surface area contributed by atoms with Crippen LogP contribution in [0.2, 0.25) is 0 Å². The summed E-state index contributed by atoms with van der Waals surface area (Å²) in [6.07, 6.45) is 3.14. The van der Waals surface area contributed by atoms with E-state index in [0.29, 0.717) is 17.3 Å². The van der Waals surface area contributed by atoms with E-state index in [1.54, 1.807) is 18.3 Å². The Morgan fingerprint density at radius 1 is 1.47 bits per heavy atom. The standard InChI is InChI=1S/C13H15N5O/c1-9(2)11-7-12(17-16-11)13(19)18-15-8-10-5-3-4-6-14-10/h3-9H,1-2H3,(H,16,17)(H,18,19). The minimum Gasteiger partial charge on any atom is -0.282 e. The average molecular weight is 257 g/mol. The van der Waals surface area contributed by atoms with Crippen molar-refractivity contribution in [3.8, 4) is 0 Å². The maximum absolute atomic E-state index is 11.7. The molecule has 0 unspecified atom stereocenters. The van der Waals surface area contributed by atoms with E-state index in [-0.39, 0.29) is 5.91 Å². The van der Waals surface area contributed by atoms with Crippen molar-refractivity contribution in [2.75, 3.05) is 0 Å². The number of aromatic nitrogens is 3. The fraction of sp³-hybridized carbons (Fsp3) is 0.231. The van der Waals surface area contributed by atoms with Crippen LogP contribution in [0.5, 0.6) is 0 Å². The number of hydrogen-bond donors (Lipinski definition) is 2. The Hall–Kier alpha value is -2.50. The van der Waals surface area contributed by atoms with Crippen LogP contribution in [0, 0.1) is 0 Å². The number of hydrogen-bond acceptors (Lipinski definition) is 4. The number of nitrogens with zero attached hydrogens (tertiary/aromatic N) is 3. The molecule has 0 aliphatic heterocycles. The molecule has 0 aromatic carbocycles. The van der Waals surface area contributed by atoms with Gasteiger partial charge in [-0.25, -0.2) is 5.43 Å². The Balaban J connectivity index is 1.96. The summed E-state index contributed by atoms with van der Waals surface area (Å²) in [6, 6.07) is 7.17. The highest BCUT2D eigenvalue weighted by molar-refractivity contribution is 5.93. The molecule has 0 radical (unpaired) electrons. The van der Waals surface area contributed by atoms with Crippen LogP contribution >= 0.6 is 0 Å². The molecule has 6 nitrogen and oxygen atoms in total. The first-order valence-electron chi connectivity index (χ1n) is 5.96. The van der Waals surface area contributed by atoms with E-state index in [1.807, 2.05) is 26.0 Å². The summed E-state index contributed by atoms with van der Waals surface area (Å²) in [4.78, 5) is 15.8. The molecule has 19 heavy (non-hydrogen) atoms. The lowest BCUT2D eigenvalue weighted by molar-refractivity contribution is 0.0950. The van der Waals surface area contributed by atoms with Crippen LogP contribution in [-0.2, 0) is 0 Å². The zero-order valence-electron chi connectivity index (χ0n) is 10.8. The van der Waals surface area contributed by atoms with Crippen LogP contribution in [-0.4, -0.2) is 27.3 Å². The first-order chi connectivity index (χ1) is 9.16. The van der Waals surface area contributed by atoms with Gasteiger partial charge < -0.3 is 0 Å². The van der Waals surface area contributed by atoms with Crippen molar-refractivity contribution in [2.24, 2.45) is 5.10 Å². The van der Waals surface area contributed by atoms with Gasteiger partial charge in [0.2, 0.25) is 0 Å². The smallest absolute Gasteiger partial charge is 0.282 e. The lowest BCUT2D eigenvalue weighted by atomic mass is 10.1. The van der Waals surface area contributed by atoms with Gasteiger partial charge in [0.25, 0.3) is 5.91 Å². The van der Waals surface area contributed by atoms with Gasteiger partial charge in [0, 0.05) is 11.9 Å². The molecule has 0 bridgehead atoms. The lowest BCUT2D eigenvalue weighted by Gasteiger charge is -1.96. The maximum Gasteiger partial charge on any atom is 0.291 e. The molecule has 0 aliphatic rings. The van der Waals surface area contributed by atoms with Gasteiger partial charge in [-0.3, -0.25) is 14.9 Å². The molecule has 1 amide bonds. The molecule has 0 fully saturated rings. The predicted octanol–water partition coefficient (Wildman–Crippen LogP) is 1.69. The van der Waals surface area contributed by atoms with Gasteiger partial charge in [-0.05, 0) is 24.1 Å². The fourth-order valence-electron chi connectivity index (χ4n) is 1.42.